The van der Waals surface area contributed by atoms with E-state index in [9.17, 15) is 0 Å². The van der Waals surface area contributed by atoms with Gasteiger partial charge in [0.25, 0.3) is 0 Å². The normalized spacial score (nSPS) is 13.7. The van der Waals surface area contributed by atoms with Crippen molar-refractivity contribution >= 4 is 0 Å². The molecule has 1 unspecified atom stereocenters. The largest absolute Gasteiger partial charge is 0.496 e. The maximum absolute atomic E-state index is 5.98. The summed E-state index contributed by atoms with van der Waals surface area (Å²) in [6.07, 6.45) is 1.03. The minimum atomic E-state index is -0.0108. The third kappa shape index (κ3) is 3.48. The Morgan fingerprint density at radius 2 is 1.95 bits per heavy atom. The average molecular weight is 264 g/mol. The zero-order valence-electron chi connectivity index (χ0n) is 13.2. The topological polar surface area (TPSA) is 38.5 Å². The van der Waals surface area contributed by atoms with Crippen LogP contribution in [0.3, 0.4) is 0 Å². The van der Waals surface area contributed by atoms with Crippen LogP contribution in [0.5, 0.6) is 5.75 Å². The molecule has 2 N–H and O–H groups in total. The molecule has 1 aromatic carbocycles. The summed E-state index contributed by atoms with van der Waals surface area (Å²) in [7, 11) is 5.92. The second-order valence-corrected chi connectivity index (χ2v) is 5.99. The molecule has 1 atom stereocenters. The van der Waals surface area contributed by atoms with Crippen molar-refractivity contribution in [1.82, 2.24) is 4.90 Å². The van der Waals surface area contributed by atoms with Crippen LogP contribution in [0.25, 0.3) is 0 Å². The van der Waals surface area contributed by atoms with Gasteiger partial charge in [-0.05, 0) is 44.1 Å². The molecule has 0 aliphatic rings. The lowest BCUT2D eigenvalue weighted by atomic mass is 9.79. The first-order valence-corrected chi connectivity index (χ1v) is 6.90. The van der Waals surface area contributed by atoms with Crippen LogP contribution in [-0.4, -0.2) is 32.6 Å². The van der Waals surface area contributed by atoms with E-state index in [0.29, 0.717) is 6.54 Å². The summed E-state index contributed by atoms with van der Waals surface area (Å²) in [5.74, 6) is 0.942. The highest BCUT2D eigenvalue weighted by Crippen LogP contribution is 2.40. The molecule has 19 heavy (non-hydrogen) atoms. The van der Waals surface area contributed by atoms with Gasteiger partial charge in [0.05, 0.1) is 7.11 Å². The number of methoxy groups -OCH3 is 1. The highest BCUT2D eigenvalue weighted by molar-refractivity contribution is 5.40. The first kappa shape index (κ1) is 16.0. The lowest BCUT2D eigenvalue weighted by Gasteiger charge is -2.39. The third-order valence-electron chi connectivity index (χ3n) is 3.78. The Hall–Kier alpha value is -1.06. The Balaban J connectivity index is 3.36. The minimum absolute atomic E-state index is 0.0108. The van der Waals surface area contributed by atoms with Crippen LogP contribution in [0, 0.1) is 5.41 Å². The number of aryl methyl sites for hydroxylation is 1. The highest BCUT2D eigenvalue weighted by Gasteiger charge is 2.33. The summed E-state index contributed by atoms with van der Waals surface area (Å²) >= 11 is 0. The monoisotopic (exact) mass is 264 g/mol. The van der Waals surface area contributed by atoms with Crippen molar-refractivity contribution in [3.05, 3.63) is 29.3 Å². The maximum atomic E-state index is 5.98. The third-order valence-corrected chi connectivity index (χ3v) is 3.78. The Morgan fingerprint density at radius 3 is 2.37 bits per heavy atom. The van der Waals surface area contributed by atoms with E-state index >= 15 is 0 Å². The Labute approximate surface area is 117 Å². The first-order chi connectivity index (χ1) is 8.87. The molecule has 0 heterocycles. The fraction of sp³-hybridized carbons (Fsp3) is 0.625. The van der Waals surface area contributed by atoms with Gasteiger partial charge in [-0.25, -0.2) is 0 Å². The van der Waals surface area contributed by atoms with Crippen molar-refractivity contribution in [2.75, 3.05) is 27.7 Å². The summed E-state index contributed by atoms with van der Waals surface area (Å²) in [5.41, 5.74) is 8.52. The van der Waals surface area contributed by atoms with Gasteiger partial charge in [0.2, 0.25) is 0 Å². The molecule has 0 saturated carbocycles. The smallest absolute Gasteiger partial charge is 0.123 e. The van der Waals surface area contributed by atoms with E-state index in [2.05, 4.69) is 58.0 Å². The molecular weight excluding hydrogens is 236 g/mol. The second kappa shape index (κ2) is 6.40. The number of nitrogens with zero attached hydrogens (tertiary/aromatic N) is 1. The van der Waals surface area contributed by atoms with Crippen LogP contribution in [0.4, 0.5) is 0 Å². The van der Waals surface area contributed by atoms with Crippen molar-refractivity contribution in [2.24, 2.45) is 11.1 Å². The Bertz CT molecular complexity index is 413. The van der Waals surface area contributed by atoms with E-state index < -0.39 is 0 Å². The quantitative estimate of drug-likeness (QED) is 0.858. The molecule has 0 aromatic heterocycles. The fourth-order valence-electron chi connectivity index (χ4n) is 2.73. The predicted molar refractivity (Wildman–Crippen MR) is 81.6 cm³/mol. The maximum Gasteiger partial charge on any atom is 0.123 e. The summed E-state index contributed by atoms with van der Waals surface area (Å²) < 4.78 is 5.55. The lowest BCUT2D eigenvalue weighted by molar-refractivity contribution is 0.140. The van der Waals surface area contributed by atoms with E-state index in [1.807, 2.05) is 0 Å². The molecule has 0 saturated heterocycles. The molecule has 0 spiro atoms. The van der Waals surface area contributed by atoms with Crippen molar-refractivity contribution in [3.8, 4) is 5.75 Å². The molecule has 0 radical (unpaired) electrons. The van der Waals surface area contributed by atoms with Crippen LogP contribution < -0.4 is 10.5 Å². The van der Waals surface area contributed by atoms with Gasteiger partial charge in [0.1, 0.15) is 5.75 Å². The molecule has 1 rings (SSSR count). The first-order valence-electron chi connectivity index (χ1n) is 6.90. The van der Waals surface area contributed by atoms with Gasteiger partial charge in [-0.15, -0.1) is 0 Å². The molecule has 108 valence electrons. The van der Waals surface area contributed by atoms with Gasteiger partial charge < -0.3 is 15.4 Å². The SMILES string of the molecule is CCc1ccc(OC)c(C(N(C)C)C(C)(C)CN)c1. The van der Waals surface area contributed by atoms with Crippen molar-refractivity contribution < 1.29 is 4.74 Å². The molecule has 1 aromatic rings. The molecule has 0 aliphatic heterocycles. The van der Waals surface area contributed by atoms with Crippen molar-refractivity contribution in [2.45, 2.75) is 33.2 Å². The van der Waals surface area contributed by atoms with Crippen LogP contribution in [0.15, 0.2) is 18.2 Å². The number of hydrogen-bond donors (Lipinski definition) is 1. The number of ether oxygens (including phenoxy) is 1. The van der Waals surface area contributed by atoms with E-state index in [0.717, 1.165) is 12.2 Å². The standard InChI is InChI=1S/C16H28N2O/c1-7-12-8-9-14(19-6)13(10-12)15(18(4)5)16(2,3)11-17/h8-10,15H,7,11,17H2,1-6H3. The number of rotatable bonds is 6. The predicted octanol–water partition coefficient (Wildman–Crippen LogP) is 2.85. The molecule has 3 nitrogen and oxygen atoms in total. The second-order valence-electron chi connectivity index (χ2n) is 5.99. The van der Waals surface area contributed by atoms with Gasteiger partial charge in [-0.3, -0.25) is 0 Å². The van der Waals surface area contributed by atoms with E-state index in [1.165, 1.54) is 11.1 Å². The van der Waals surface area contributed by atoms with Gasteiger partial charge >= 0.3 is 0 Å². The number of hydrogen-bond acceptors (Lipinski definition) is 3. The summed E-state index contributed by atoms with van der Waals surface area (Å²) in [4.78, 5) is 2.23. The Kier molecular flexibility index (Phi) is 5.39. The molecule has 0 aliphatic carbocycles. The number of benzene rings is 1. The summed E-state index contributed by atoms with van der Waals surface area (Å²) in [5, 5.41) is 0. The number of nitrogens with two attached hydrogens (primary N) is 1. The van der Waals surface area contributed by atoms with Gasteiger partial charge in [0, 0.05) is 11.6 Å². The zero-order chi connectivity index (χ0) is 14.6. The van der Waals surface area contributed by atoms with Crippen LogP contribution in [-0.2, 0) is 6.42 Å². The van der Waals surface area contributed by atoms with Crippen molar-refractivity contribution in [1.29, 1.82) is 0 Å². The summed E-state index contributed by atoms with van der Waals surface area (Å²) in [6, 6.07) is 6.68. The van der Waals surface area contributed by atoms with E-state index in [-0.39, 0.29) is 11.5 Å². The molecule has 0 amide bonds. The van der Waals surface area contributed by atoms with Crippen LogP contribution in [0.1, 0.15) is 37.9 Å². The lowest BCUT2D eigenvalue weighted by Crippen LogP contribution is -2.39. The molecule has 3 heteroatoms. The minimum Gasteiger partial charge on any atom is -0.496 e. The highest BCUT2D eigenvalue weighted by atomic mass is 16.5. The fourth-order valence-corrected chi connectivity index (χ4v) is 2.73. The summed E-state index contributed by atoms with van der Waals surface area (Å²) in [6.45, 7) is 7.21. The van der Waals surface area contributed by atoms with E-state index in [1.54, 1.807) is 7.11 Å². The van der Waals surface area contributed by atoms with Gasteiger partial charge in [-0.2, -0.15) is 0 Å². The van der Waals surface area contributed by atoms with Gasteiger partial charge in [-0.1, -0.05) is 32.9 Å². The zero-order valence-corrected chi connectivity index (χ0v) is 13.2. The molecular formula is C16H28N2O. The van der Waals surface area contributed by atoms with Crippen molar-refractivity contribution in [3.63, 3.8) is 0 Å². The van der Waals surface area contributed by atoms with E-state index in [4.69, 9.17) is 10.5 Å². The van der Waals surface area contributed by atoms with Gasteiger partial charge in [0.15, 0.2) is 0 Å². The van der Waals surface area contributed by atoms with Crippen LogP contribution >= 0.6 is 0 Å². The average Bonchev–Trinajstić information content (AvgIpc) is 2.38. The molecule has 0 bridgehead atoms. The van der Waals surface area contributed by atoms with Crippen LogP contribution in [0.2, 0.25) is 0 Å². The molecule has 0 fully saturated rings. The Morgan fingerprint density at radius 1 is 1.32 bits per heavy atom.